The second-order valence-corrected chi connectivity index (χ2v) is 2.82. The number of hydrogen-bond donors (Lipinski definition) is 2. The third-order valence-electron chi connectivity index (χ3n) is 1.86. The van der Waals surface area contributed by atoms with E-state index in [1.54, 1.807) is 0 Å². The summed E-state index contributed by atoms with van der Waals surface area (Å²) in [5.41, 5.74) is 4.30. The van der Waals surface area contributed by atoms with E-state index in [2.05, 4.69) is 15.6 Å². The Balaban J connectivity index is 2.49. The molecule has 14 heavy (non-hydrogen) atoms. The minimum Gasteiger partial charge on any atom is -0.307 e. The van der Waals surface area contributed by atoms with Gasteiger partial charge in [0.15, 0.2) is 5.82 Å². The fourth-order valence-corrected chi connectivity index (χ4v) is 1.18. The number of nitrogen functional groups attached to an aromatic ring is 1. The Hall–Kier alpha value is -1.94. The van der Waals surface area contributed by atoms with Crippen LogP contribution in [0.15, 0.2) is 30.4 Å². The van der Waals surface area contributed by atoms with Gasteiger partial charge in [-0.3, -0.25) is 0 Å². The van der Waals surface area contributed by atoms with Crippen LogP contribution in [-0.4, -0.2) is 10.2 Å². The summed E-state index contributed by atoms with van der Waals surface area (Å²) in [5, 5.41) is 7.91. The Bertz CT molecular complexity index is 418. The van der Waals surface area contributed by atoms with Gasteiger partial charge < -0.3 is 5.43 Å². The molecular formula is C10H10N4. The molecule has 0 spiro atoms. The summed E-state index contributed by atoms with van der Waals surface area (Å²) in [6, 6.07) is 1.85. The number of rotatable bonds is 1. The van der Waals surface area contributed by atoms with Crippen LogP contribution in [0.5, 0.6) is 0 Å². The lowest BCUT2D eigenvalue weighted by Gasteiger charge is -2.03. The molecule has 0 saturated heterocycles. The largest absolute Gasteiger partial charge is 0.307 e. The topological polar surface area (TPSA) is 63.8 Å². The van der Waals surface area contributed by atoms with Crippen LogP contribution in [0.25, 0.3) is 12.2 Å². The quantitative estimate of drug-likeness (QED) is 0.513. The van der Waals surface area contributed by atoms with Crippen LogP contribution < -0.4 is 11.3 Å². The number of hydrazine groups is 1. The SMILES string of the molecule is NNc1cc2c(nn1)C=CC=CC=C2. The molecule has 1 aromatic rings. The minimum atomic E-state index is 0.561. The van der Waals surface area contributed by atoms with Crippen LogP contribution >= 0.6 is 0 Å². The van der Waals surface area contributed by atoms with Crippen molar-refractivity contribution in [2.24, 2.45) is 5.84 Å². The number of fused-ring (bicyclic) bond motifs is 1. The van der Waals surface area contributed by atoms with Gasteiger partial charge in [0, 0.05) is 5.56 Å². The molecule has 4 heteroatoms. The van der Waals surface area contributed by atoms with E-state index in [1.807, 2.05) is 42.5 Å². The molecule has 1 aromatic heterocycles. The van der Waals surface area contributed by atoms with Gasteiger partial charge in [-0.1, -0.05) is 30.4 Å². The normalized spacial score (nSPS) is 13.2. The Morgan fingerprint density at radius 3 is 2.57 bits per heavy atom. The minimum absolute atomic E-state index is 0.561. The molecule has 0 atom stereocenters. The van der Waals surface area contributed by atoms with E-state index < -0.39 is 0 Å². The van der Waals surface area contributed by atoms with Gasteiger partial charge in [0.05, 0.1) is 5.69 Å². The Morgan fingerprint density at radius 1 is 1.00 bits per heavy atom. The van der Waals surface area contributed by atoms with Crippen LogP contribution in [0.4, 0.5) is 5.82 Å². The third kappa shape index (κ3) is 1.70. The van der Waals surface area contributed by atoms with E-state index in [4.69, 9.17) is 5.84 Å². The van der Waals surface area contributed by atoms with Crippen LogP contribution in [0.1, 0.15) is 11.3 Å². The zero-order chi connectivity index (χ0) is 9.80. The molecule has 70 valence electrons. The molecule has 0 bridgehead atoms. The lowest BCUT2D eigenvalue weighted by atomic mass is 10.1. The van der Waals surface area contributed by atoms with Crippen molar-refractivity contribution in [2.75, 3.05) is 5.43 Å². The fourth-order valence-electron chi connectivity index (χ4n) is 1.18. The molecule has 0 radical (unpaired) electrons. The molecule has 0 saturated carbocycles. The van der Waals surface area contributed by atoms with Crippen LogP contribution in [0.3, 0.4) is 0 Å². The van der Waals surface area contributed by atoms with Crippen molar-refractivity contribution in [3.05, 3.63) is 41.6 Å². The molecule has 0 amide bonds. The monoisotopic (exact) mass is 186 g/mol. The van der Waals surface area contributed by atoms with Gasteiger partial charge in [-0.15, -0.1) is 10.2 Å². The summed E-state index contributed by atoms with van der Waals surface area (Å²) in [4.78, 5) is 0. The van der Waals surface area contributed by atoms with Gasteiger partial charge in [0.2, 0.25) is 0 Å². The highest BCUT2D eigenvalue weighted by Crippen LogP contribution is 2.14. The van der Waals surface area contributed by atoms with Gasteiger partial charge in [-0.25, -0.2) is 5.84 Å². The van der Waals surface area contributed by atoms with Gasteiger partial charge in [0.25, 0.3) is 0 Å². The third-order valence-corrected chi connectivity index (χ3v) is 1.86. The molecule has 0 unspecified atom stereocenters. The predicted octanol–water partition coefficient (Wildman–Crippen LogP) is 1.36. The molecule has 2 rings (SSSR count). The molecule has 1 aliphatic rings. The summed E-state index contributed by atoms with van der Waals surface area (Å²) in [7, 11) is 0. The number of aromatic nitrogens is 2. The molecule has 3 N–H and O–H groups in total. The van der Waals surface area contributed by atoms with Crippen molar-refractivity contribution in [2.45, 2.75) is 0 Å². The first-order chi connectivity index (χ1) is 6.90. The van der Waals surface area contributed by atoms with E-state index in [0.29, 0.717) is 5.82 Å². The maximum Gasteiger partial charge on any atom is 0.163 e. The summed E-state index contributed by atoms with van der Waals surface area (Å²) in [6.07, 6.45) is 11.6. The van der Waals surface area contributed by atoms with Crippen molar-refractivity contribution < 1.29 is 0 Å². The Labute approximate surface area is 81.8 Å². The zero-order valence-corrected chi connectivity index (χ0v) is 7.51. The van der Waals surface area contributed by atoms with Crippen molar-refractivity contribution in [3.63, 3.8) is 0 Å². The van der Waals surface area contributed by atoms with Crippen molar-refractivity contribution in [3.8, 4) is 0 Å². The van der Waals surface area contributed by atoms with E-state index in [0.717, 1.165) is 11.3 Å². The maximum absolute atomic E-state index is 5.24. The smallest absolute Gasteiger partial charge is 0.163 e. The first kappa shape index (κ1) is 8.65. The molecule has 0 aliphatic heterocycles. The van der Waals surface area contributed by atoms with Gasteiger partial charge in [-0.2, -0.15) is 0 Å². The lowest BCUT2D eigenvalue weighted by molar-refractivity contribution is 1.00. The maximum atomic E-state index is 5.24. The Morgan fingerprint density at radius 2 is 1.79 bits per heavy atom. The van der Waals surface area contributed by atoms with Gasteiger partial charge in [0.1, 0.15) is 0 Å². The summed E-state index contributed by atoms with van der Waals surface area (Å²) < 4.78 is 0. The second-order valence-electron chi connectivity index (χ2n) is 2.82. The Kier molecular flexibility index (Phi) is 2.38. The number of nitrogens with one attached hydrogen (secondary N) is 1. The highest BCUT2D eigenvalue weighted by atomic mass is 15.3. The van der Waals surface area contributed by atoms with Gasteiger partial charge in [-0.05, 0) is 12.1 Å². The molecular weight excluding hydrogens is 176 g/mol. The summed E-state index contributed by atoms with van der Waals surface area (Å²) in [6.45, 7) is 0. The lowest BCUT2D eigenvalue weighted by Crippen LogP contribution is -2.10. The van der Waals surface area contributed by atoms with Crippen molar-refractivity contribution in [1.29, 1.82) is 0 Å². The number of allylic oxidation sites excluding steroid dienone is 4. The number of nitrogens with two attached hydrogens (primary N) is 1. The average molecular weight is 186 g/mol. The predicted molar refractivity (Wildman–Crippen MR) is 57.1 cm³/mol. The molecule has 1 heterocycles. The van der Waals surface area contributed by atoms with Crippen molar-refractivity contribution >= 4 is 18.0 Å². The fraction of sp³-hybridized carbons (Fsp3) is 0. The number of hydrogen-bond acceptors (Lipinski definition) is 4. The number of anilines is 1. The van der Waals surface area contributed by atoms with Crippen LogP contribution in [0.2, 0.25) is 0 Å². The van der Waals surface area contributed by atoms with E-state index >= 15 is 0 Å². The molecule has 0 fully saturated rings. The summed E-state index contributed by atoms with van der Waals surface area (Å²) >= 11 is 0. The van der Waals surface area contributed by atoms with E-state index in [9.17, 15) is 0 Å². The van der Waals surface area contributed by atoms with Crippen LogP contribution in [-0.2, 0) is 0 Å². The van der Waals surface area contributed by atoms with E-state index in [1.165, 1.54) is 0 Å². The highest BCUT2D eigenvalue weighted by Gasteiger charge is 2.01. The van der Waals surface area contributed by atoms with Crippen LogP contribution in [0, 0.1) is 0 Å². The molecule has 0 aromatic carbocycles. The van der Waals surface area contributed by atoms with E-state index in [-0.39, 0.29) is 0 Å². The number of nitrogens with zero attached hydrogens (tertiary/aromatic N) is 2. The average Bonchev–Trinajstić information content (AvgIpc) is 2.18. The highest BCUT2D eigenvalue weighted by molar-refractivity contribution is 5.66. The molecule has 4 nitrogen and oxygen atoms in total. The first-order valence-electron chi connectivity index (χ1n) is 4.26. The first-order valence-corrected chi connectivity index (χ1v) is 4.26. The second kappa shape index (κ2) is 3.85. The van der Waals surface area contributed by atoms with Gasteiger partial charge >= 0.3 is 0 Å². The summed E-state index contributed by atoms with van der Waals surface area (Å²) in [5.74, 6) is 5.81. The zero-order valence-electron chi connectivity index (χ0n) is 7.51. The van der Waals surface area contributed by atoms with Crippen molar-refractivity contribution in [1.82, 2.24) is 10.2 Å². The molecule has 1 aliphatic carbocycles. The standard InChI is InChI=1S/C10H10N4/c11-12-10-7-8-5-3-1-2-4-6-9(8)13-14-10/h1-7H,11H2,(H,12,14).